The van der Waals surface area contributed by atoms with Gasteiger partial charge in [-0.3, -0.25) is 4.79 Å². The summed E-state index contributed by atoms with van der Waals surface area (Å²) in [4.78, 5) is 11.4. The van der Waals surface area contributed by atoms with Crippen LogP contribution in [-0.4, -0.2) is 12.5 Å². The number of carbonyl (C=O) groups is 1. The zero-order chi connectivity index (χ0) is 13.9. The molecule has 1 aromatic rings. The highest BCUT2D eigenvalue weighted by molar-refractivity contribution is 5.87. The normalized spacial score (nSPS) is 11.5. The van der Waals surface area contributed by atoms with E-state index in [0.717, 1.165) is 19.4 Å². The van der Waals surface area contributed by atoms with Gasteiger partial charge in [0.2, 0.25) is 5.91 Å². The molecule has 0 saturated heterocycles. The number of hydrogen-bond donors (Lipinski definition) is 1. The molecule has 0 radical (unpaired) electrons. The van der Waals surface area contributed by atoms with Gasteiger partial charge in [-0.15, -0.1) is 0 Å². The summed E-state index contributed by atoms with van der Waals surface area (Å²) in [5.41, 5.74) is 1.21. The first kappa shape index (κ1) is 15.2. The van der Waals surface area contributed by atoms with Gasteiger partial charge >= 0.3 is 0 Å². The van der Waals surface area contributed by atoms with Gasteiger partial charge < -0.3 is 5.32 Å². The van der Waals surface area contributed by atoms with Gasteiger partial charge in [-0.25, -0.2) is 0 Å². The molecule has 1 aromatic carbocycles. The summed E-state index contributed by atoms with van der Waals surface area (Å²) < 4.78 is 0. The molecule has 0 aromatic heterocycles. The van der Waals surface area contributed by atoms with Crippen molar-refractivity contribution >= 4 is 12.0 Å². The van der Waals surface area contributed by atoms with Crippen molar-refractivity contribution in [3.8, 4) is 0 Å². The minimum absolute atomic E-state index is 0.000684. The summed E-state index contributed by atoms with van der Waals surface area (Å²) in [6.45, 7) is 4.90. The van der Waals surface area contributed by atoms with Crippen LogP contribution >= 0.6 is 0 Å². The van der Waals surface area contributed by atoms with Crippen molar-refractivity contribution in [3.05, 3.63) is 54.1 Å². The Labute approximate surface area is 116 Å². The molecular formula is C17H23NO. The van der Waals surface area contributed by atoms with Crippen LogP contribution in [0.25, 0.3) is 6.08 Å². The molecule has 0 fully saturated rings. The van der Waals surface area contributed by atoms with E-state index in [9.17, 15) is 4.79 Å². The Morgan fingerprint density at radius 3 is 2.53 bits per heavy atom. The lowest BCUT2D eigenvalue weighted by Crippen LogP contribution is -2.25. The number of carbonyl (C=O) groups excluding carboxylic acids is 1. The molecule has 0 bridgehead atoms. The van der Waals surface area contributed by atoms with Gasteiger partial charge in [-0.2, -0.15) is 0 Å². The van der Waals surface area contributed by atoms with E-state index in [0.29, 0.717) is 5.92 Å². The maximum absolute atomic E-state index is 11.4. The van der Waals surface area contributed by atoms with Crippen LogP contribution < -0.4 is 5.32 Å². The van der Waals surface area contributed by atoms with E-state index >= 15 is 0 Å². The van der Waals surface area contributed by atoms with E-state index in [1.54, 1.807) is 6.08 Å². The second-order valence-corrected chi connectivity index (χ2v) is 4.93. The van der Waals surface area contributed by atoms with E-state index in [2.05, 4.69) is 43.4 Å². The van der Waals surface area contributed by atoms with Gasteiger partial charge in [-0.1, -0.05) is 62.4 Å². The first-order valence-electron chi connectivity index (χ1n) is 6.84. The van der Waals surface area contributed by atoms with Crippen molar-refractivity contribution in [2.75, 3.05) is 6.54 Å². The molecule has 0 heterocycles. The van der Waals surface area contributed by atoms with Crippen LogP contribution in [0, 0.1) is 5.92 Å². The Kier molecular flexibility index (Phi) is 7.33. The molecule has 0 aliphatic carbocycles. The molecule has 1 amide bonds. The van der Waals surface area contributed by atoms with E-state index in [-0.39, 0.29) is 5.91 Å². The summed E-state index contributed by atoms with van der Waals surface area (Å²) in [6, 6.07) is 10.2. The lowest BCUT2D eigenvalue weighted by molar-refractivity contribution is -0.116. The van der Waals surface area contributed by atoms with Crippen molar-refractivity contribution in [2.24, 2.45) is 5.92 Å². The Balaban J connectivity index is 2.16. The summed E-state index contributed by atoms with van der Waals surface area (Å²) in [7, 11) is 0. The van der Waals surface area contributed by atoms with Gasteiger partial charge in [0.05, 0.1) is 0 Å². The Bertz CT molecular complexity index is 418. The van der Waals surface area contributed by atoms with E-state index in [1.165, 1.54) is 5.56 Å². The number of amides is 1. The summed E-state index contributed by atoms with van der Waals surface area (Å²) >= 11 is 0. The molecule has 0 saturated carbocycles. The van der Waals surface area contributed by atoms with Crippen molar-refractivity contribution in [1.82, 2.24) is 5.32 Å². The van der Waals surface area contributed by atoms with E-state index < -0.39 is 0 Å². The first-order chi connectivity index (χ1) is 9.18. The van der Waals surface area contributed by atoms with Crippen LogP contribution in [0.5, 0.6) is 0 Å². The van der Waals surface area contributed by atoms with Crippen LogP contribution in [0.1, 0.15) is 32.3 Å². The smallest absolute Gasteiger partial charge is 0.243 e. The number of nitrogens with one attached hydrogen (secondary N) is 1. The van der Waals surface area contributed by atoms with E-state index in [4.69, 9.17) is 0 Å². The molecule has 0 atom stereocenters. The van der Waals surface area contributed by atoms with Crippen molar-refractivity contribution in [3.63, 3.8) is 0 Å². The number of unbranched alkanes of at least 4 members (excludes halogenated alkanes) is 1. The monoisotopic (exact) mass is 257 g/mol. The second-order valence-electron chi connectivity index (χ2n) is 4.93. The lowest BCUT2D eigenvalue weighted by Gasteiger charge is -2.03. The molecule has 1 rings (SSSR count). The maximum atomic E-state index is 11.4. The molecular weight excluding hydrogens is 234 g/mol. The van der Waals surface area contributed by atoms with Crippen LogP contribution in [0.15, 0.2) is 48.6 Å². The van der Waals surface area contributed by atoms with Crippen molar-refractivity contribution in [2.45, 2.75) is 26.7 Å². The molecule has 2 heteroatoms. The molecule has 1 N–H and O–H groups in total. The van der Waals surface area contributed by atoms with Gasteiger partial charge in [-0.05, 0) is 30.4 Å². The van der Waals surface area contributed by atoms with Crippen LogP contribution in [0.2, 0.25) is 0 Å². The molecule has 102 valence electrons. The average molecular weight is 257 g/mol. The number of hydrogen-bond acceptors (Lipinski definition) is 1. The Hall–Kier alpha value is -1.83. The molecule has 0 unspecified atom stereocenters. The van der Waals surface area contributed by atoms with Gasteiger partial charge in [0, 0.05) is 6.54 Å². The third kappa shape index (κ3) is 7.98. The highest BCUT2D eigenvalue weighted by Gasteiger charge is 1.96. The largest absolute Gasteiger partial charge is 0.352 e. The number of rotatable bonds is 7. The minimum Gasteiger partial charge on any atom is -0.352 e. The zero-order valence-corrected chi connectivity index (χ0v) is 11.8. The van der Waals surface area contributed by atoms with E-state index in [1.807, 2.05) is 24.3 Å². The predicted octanol–water partition coefficient (Wildman–Crippen LogP) is 3.81. The topological polar surface area (TPSA) is 29.1 Å². The Morgan fingerprint density at radius 2 is 1.84 bits per heavy atom. The third-order valence-electron chi connectivity index (χ3n) is 2.56. The fourth-order valence-corrected chi connectivity index (χ4v) is 1.53. The van der Waals surface area contributed by atoms with Gasteiger partial charge in [0.25, 0.3) is 0 Å². The molecule has 0 aliphatic heterocycles. The Morgan fingerprint density at radius 1 is 1.16 bits per heavy atom. The fraction of sp³-hybridized carbons (Fsp3) is 0.353. The van der Waals surface area contributed by atoms with Crippen LogP contribution in [-0.2, 0) is 4.79 Å². The van der Waals surface area contributed by atoms with Crippen molar-refractivity contribution < 1.29 is 4.79 Å². The molecule has 19 heavy (non-hydrogen) atoms. The predicted molar refractivity (Wildman–Crippen MR) is 81.7 cm³/mol. The van der Waals surface area contributed by atoms with Crippen molar-refractivity contribution in [1.29, 1.82) is 0 Å². The lowest BCUT2D eigenvalue weighted by atomic mass is 10.2. The minimum atomic E-state index is 0.000684. The quantitative estimate of drug-likeness (QED) is 0.584. The van der Waals surface area contributed by atoms with Crippen LogP contribution in [0.4, 0.5) is 0 Å². The third-order valence-corrected chi connectivity index (χ3v) is 2.56. The number of benzene rings is 1. The summed E-state index contributed by atoms with van der Waals surface area (Å²) in [5, 5.41) is 2.86. The average Bonchev–Trinajstić information content (AvgIpc) is 2.41. The zero-order valence-electron chi connectivity index (χ0n) is 11.8. The number of allylic oxidation sites excluding steroid dienone is 2. The fourth-order valence-electron chi connectivity index (χ4n) is 1.53. The highest BCUT2D eigenvalue weighted by Crippen LogP contribution is 2.03. The standard InChI is InChI=1S/C17H23NO/c1-15(2)14-18-17(19)13-9-4-3-6-10-16-11-7-5-8-12-16/h5-13,15H,3-4,14H2,1-2H3,(H,18,19). The first-order valence-corrected chi connectivity index (χ1v) is 6.84. The SMILES string of the molecule is CC(C)CNC(=O)C=CCCC=Cc1ccccc1. The summed E-state index contributed by atoms with van der Waals surface area (Å²) in [5.74, 6) is 0.492. The molecule has 0 aliphatic rings. The van der Waals surface area contributed by atoms with Gasteiger partial charge in [0.1, 0.15) is 0 Å². The molecule has 2 nitrogen and oxygen atoms in total. The molecule has 0 spiro atoms. The van der Waals surface area contributed by atoms with Gasteiger partial charge in [0.15, 0.2) is 0 Å². The maximum Gasteiger partial charge on any atom is 0.243 e. The highest BCUT2D eigenvalue weighted by atomic mass is 16.1. The second kappa shape index (κ2) is 9.15. The summed E-state index contributed by atoms with van der Waals surface area (Å²) in [6.07, 6.45) is 9.61. The van der Waals surface area contributed by atoms with Crippen LogP contribution in [0.3, 0.4) is 0 Å².